The van der Waals surface area contributed by atoms with Crippen LogP contribution in [0.15, 0.2) is 96.0 Å². The third-order valence-corrected chi connectivity index (χ3v) is 10.4. The largest absolute Gasteiger partial charge is 0.488 e. The van der Waals surface area contributed by atoms with Crippen molar-refractivity contribution >= 4 is 32.5 Å². The zero-order valence-corrected chi connectivity index (χ0v) is 28.2. The summed E-state index contributed by atoms with van der Waals surface area (Å²) in [6.07, 6.45) is -1.06. The van der Waals surface area contributed by atoms with Gasteiger partial charge in [0.15, 0.2) is 0 Å². The molecule has 1 aliphatic rings. The molecule has 49 heavy (non-hydrogen) atoms. The molecular weight excluding hydrogens is 652 g/mol. The highest BCUT2D eigenvalue weighted by Crippen LogP contribution is 2.29. The number of aromatic nitrogens is 2. The molecule has 0 radical (unpaired) electrons. The standard InChI is InChI=1S/C36H37F2N5O5S/c1-25-4-13-31(14-5-25)49(45,46)41(3)28-9-15-35(39-22-28)48-30-12-8-27-20-33(40(2)32(27)21-30)36(44)43-18-16-42(17-19-43)23-26-6-10-29(11-7-26)47-24-34(37)38/h4-15,20-22,34H,16-19,23-24H2,1-3H3. The number of ether oxygens (including phenoxy) is 2. The van der Waals surface area contributed by atoms with Gasteiger partial charge in [0, 0.05) is 64.3 Å². The van der Waals surface area contributed by atoms with Gasteiger partial charge in [0.05, 0.1) is 22.3 Å². The Bertz CT molecular complexity index is 2030. The Labute approximate surface area is 284 Å². The Morgan fingerprint density at radius 2 is 1.61 bits per heavy atom. The average Bonchev–Trinajstić information content (AvgIpc) is 3.43. The molecule has 0 aliphatic carbocycles. The number of rotatable bonds is 11. The van der Waals surface area contributed by atoms with E-state index in [0.29, 0.717) is 61.5 Å². The first-order chi connectivity index (χ1) is 23.5. The predicted octanol–water partition coefficient (Wildman–Crippen LogP) is 6.10. The van der Waals surface area contributed by atoms with Crippen LogP contribution in [0.1, 0.15) is 21.6 Å². The number of sulfonamides is 1. The van der Waals surface area contributed by atoms with Crippen LogP contribution in [0.4, 0.5) is 14.5 Å². The lowest BCUT2D eigenvalue weighted by atomic mass is 10.2. The molecule has 6 rings (SSSR count). The molecule has 1 aliphatic heterocycles. The molecule has 0 unspecified atom stereocenters. The Kier molecular flexibility index (Phi) is 9.84. The van der Waals surface area contributed by atoms with E-state index in [2.05, 4.69) is 9.88 Å². The predicted molar refractivity (Wildman–Crippen MR) is 183 cm³/mol. The van der Waals surface area contributed by atoms with Gasteiger partial charge in [0.1, 0.15) is 23.8 Å². The van der Waals surface area contributed by atoms with Crippen molar-refractivity contribution in [2.24, 2.45) is 7.05 Å². The molecule has 0 spiro atoms. The summed E-state index contributed by atoms with van der Waals surface area (Å²) in [7, 11) is -0.418. The van der Waals surface area contributed by atoms with Gasteiger partial charge in [-0.2, -0.15) is 0 Å². The molecule has 3 heterocycles. The van der Waals surface area contributed by atoms with Crippen molar-refractivity contribution in [2.75, 3.05) is 44.1 Å². The van der Waals surface area contributed by atoms with Gasteiger partial charge < -0.3 is 18.9 Å². The highest BCUT2D eigenvalue weighted by Gasteiger charge is 2.25. The van der Waals surface area contributed by atoms with Gasteiger partial charge in [-0.3, -0.25) is 14.0 Å². The third-order valence-electron chi connectivity index (χ3n) is 8.59. The summed E-state index contributed by atoms with van der Waals surface area (Å²) in [6, 6.07) is 24.5. The summed E-state index contributed by atoms with van der Waals surface area (Å²) in [4.78, 5) is 22.2. The summed E-state index contributed by atoms with van der Waals surface area (Å²) >= 11 is 0. The normalized spacial score (nSPS) is 14.0. The van der Waals surface area contributed by atoms with Gasteiger partial charge in [-0.15, -0.1) is 0 Å². The number of carbonyl (C=O) groups excluding carboxylic acids is 1. The number of carbonyl (C=O) groups is 1. The number of aryl methyl sites for hydroxylation is 2. The second-order valence-electron chi connectivity index (χ2n) is 12.0. The fourth-order valence-corrected chi connectivity index (χ4v) is 6.89. The summed E-state index contributed by atoms with van der Waals surface area (Å²) in [5, 5.41) is 0.893. The number of nitrogens with zero attached hydrogens (tertiary/aromatic N) is 5. The topological polar surface area (TPSA) is 97.2 Å². The highest BCUT2D eigenvalue weighted by atomic mass is 32.2. The first-order valence-corrected chi connectivity index (χ1v) is 17.2. The molecule has 5 aromatic rings. The zero-order chi connectivity index (χ0) is 34.7. The first kappa shape index (κ1) is 33.9. The summed E-state index contributed by atoms with van der Waals surface area (Å²) in [6.45, 7) is 4.52. The lowest BCUT2D eigenvalue weighted by Gasteiger charge is -2.34. The van der Waals surface area contributed by atoms with Crippen molar-refractivity contribution in [1.29, 1.82) is 0 Å². The van der Waals surface area contributed by atoms with Crippen LogP contribution in [-0.4, -0.2) is 79.9 Å². The van der Waals surface area contributed by atoms with Crippen LogP contribution in [0.5, 0.6) is 17.4 Å². The Hall–Kier alpha value is -5.01. The lowest BCUT2D eigenvalue weighted by molar-refractivity contribution is 0.0619. The van der Waals surface area contributed by atoms with Gasteiger partial charge >= 0.3 is 0 Å². The lowest BCUT2D eigenvalue weighted by Crippen LogP contribution is -2.48. The van der Waals surface area contributed by atoms with Crippen molar-refractivity contribution in [3.05, 3.63) is 108 Å². The van der Waals surface area contributed by atoms with Gasteiger partial charge in [0.25, 0.3) is 22.4 Å². The van der Waals surface area contributed by atoms with Crippen LogP contribution < -0.4 is 13.8 Å². The minimum Gasteiger partial charge on any atom is -0.488 e. The number of piperazine rings is 1. The maximum atomic E-state index is 13.6. The molecule has 1 amide bonds. The first-order valence-electron chi connectivity index (χ1n) is 15.8. The monoisotopic (exact) mass is 689 g/mol. The summed E-state index contributed by atoms with van der Waals surface area (Å²) in [5.74, 6) is 1.18. The molecule has 0 atom stereocenters. The van der Waals surface area contributed by atoms with Crippen molar-refractivity contribution in [3.63, 3.8) is 0 Å². The number of fused-ring (bicyclic) bond motifs is 1. The fourth-order valence-electron chi connectivity index (χ4n) is 5.71. The Morgan fingerprint density at radius 3 is 2.27 bits per heavy atom. The molecule has 0 bridgehead atoms. The molecule has 2 aromatic heterocycles. The number of alkyl halides is 2. The maximum absolute atomic E-state index is 13.6. The third kappa shape index (κ3) is 7.68. The second kappa shape index (κ2) is 14.2. The van der Waals surface area contributed by atoms with E-state index in [9.17, 15) is 22.0 Å². The van der Waals surface area contributed by atoms with E-state index in [1.165, 1.54) is 17.5 Å². The number of anilines is 1. The quantitative estimate of drug-likeness (QED) is 0.165. The number of halogens is 2. The zero-order valence-electron chi connectivity index (χ0n) is 27.4. The molecule has 1 saturated heterocycles. The Morgan fingerprint density at radius 1 is 0.918 bits per heavy atom. The molecule has 256 valence electrons. The number of pyridine rings is 1. The van der Waals surface area contributed by atoms with E-state index in [4.69, 9.17) is 9.47 Å². The summed E-state index contributed by atoms with van der Waals surface area (Å²) in [5.41, 5.74) is 3.79. The van der Waals surface area contributed by atoms with Gasteiger partial charge in [0.2, 0.25) is 5.88 Å². The van der Waals surface area contributed by atoms with Gasteiger partial charge in [-0.25, -0.2) is 22.2 Å². The Balaban J connectivity index is 1.06. The van der Waals surface area contributed by atoms with E-state index in [0.717, 1.165) is 22.0 Å². The molecule has 0 saturated carbocycles. The molecule has 3 aromatic carbocycles. The van der Waals surface area contributed by atoms with Crippen molar-refractivity contribution in [2.45, 2.75) is 24.8 Å². The van der Waals surface area contributed by atoms with E-state index in [-0.39, 0.29) is 10.8 Å². The van der Waals surface area contributed by atoms with Crippen LogP contribution in [0.2, 0.25) is 0 Å². The maximum Gasteiger partial charge on any atom is 0.272 e. The number of benzene rings is 3. The SMILES string of the molecule is Cc1ccc(S(=O)(=O)N(C)c2ccc(Oc3ccc4cc(C(=O)N5CCN(Cc6ccc(OCC(F)F)cc6)CC5)n(C)c4c3)nc2)cc1. The van der Waals surface area contributed by atoms with E-state index in [1.54, 1.807) is 54.6 Å². The van der Waals surface area contributed by atoms with Crippen LogP contribution in [0.3, 0.4) is 0 Å². The molecule has 13 heteroatoms. The van der Waals surface area contributed by atoms with E-state index < -0.39 is 23.1 Å². The number of amides is 1. The van der Waals surface area contributed by atoms with Crippen LogP contribution in [0.25, 0.3) is 10.9 Å². The molecular formula is C36H37F2N5O5S. The van der Waals surface area contributed by atoms with Crippen molar-refractivity contribution in [1.82, 2.24) is 19.4 Å². The van der Waals surface area contributed by atoms with Crippen molar-refractivity contribution in [3.8, 4) is 17.4 Å². The molecule has 10 nitrogen and oxygen atoms in total. The van der Waals surface area contributed by atoms with Crippen molar-refractivity contribution < 1.29 is 31.5 Å². The minimum absolute atomic E-state index is 0.0525. The molecule has 1 fully saturated rings. The van der Waals surface area contributed by atoms with Gasteiger partial charge in [-0.05, 0) is 61.0 Å². The number of hydrogen-bond donors (Lipinski definition) is 0. The highest BCUT2D eigenvalue weighted by molar-refractivity contribution is 7.92. The fraction of sp³-hybridized carbons (Fsp3) is 0.278. The smallest absolute Gasteiger partial charge is 0.272 e. The minimum atomic E-state index is -3.75. The average molecular weight is 690 g/mol. The van der Waals surface area contributed by atoms with Crippen LogP contribution in [0, 0.1) is 6.92 Å². The van der Waals surface area contributed by atoms with E-state index >= 15 is 0 Å². The van der Waals surface area contributed by atoms with Gasteiger partial charge in [-0.1, -0.05) is 29.8 Å². The van der Waals surface area contributed by atoms with Crippen LogP contribution >= 0.6 is 0 Å². The molecule has 0 N–H and O–H groups in total. The van der Waals surface area contributed by atoms with Crippen LogP contribution in [-0.2, 0) is 23.6 Å². The summed E-state index contributed by atoms with van der Waals surface area (Å²) < 4.78 is 65.0. The number of hydrogen-bond acceptors (Lipinski definition) is 7. The van der Waals surface area contributed by atoms with E-state index in [1.807, 2.05) is 53.8 Å². The second-order valence-corrected chi connectivity index (χ2v) is 13.9.